The number of ether oxygens (including phenoxy) is 2. The van der Waals surface area contributed by atoms with E-state index < -0.39 is 0 Å². The summed E-state index contributed by atoms with van der Waals surface area (Å²) in [4.78, 5) is 17.8. The molecule has 5 rings (SSSR count). The number of carbonyl (C=O) groups is 1. The van der Waals surface area contributed by atoms with Crippen molar-refractivity contribution in [1.82, 2.24) is 14.8 Å². The first-order valence-corrected chi connectivity index (χ1v) is 12.1. The third kappa shape index (κ3) is 4.71. The van der Waals surface area contributed by atoms with Crippen LogP contribution in [0.1, 0.15) is 10.5 Å². The normalized spacial score (nSPS) is 10.8. The van der Waals surface area contributed by atoms with Gasteiger partial charge in [-0.25, -0.2) is 4.98 Å². The molecule has 2 heterocycles. The van der Waals surface area contributed by atoms with Crippen molar-refractivity contribution in [1.29, 1.82) is 0 Å². The minimum atomic E-state index is -0.258. The van der Waals surface area contributed by atoms with Crippen molar-refractivity contribution < 1.29 is 14.3 Å². The fourth-order valence-corrected chi connectivity index (χ4v) is 4.70. The molecular weight excluding hydrogens is 472 g/mol. The van der Waals surface area contributed by atoms with Crippen LogP contribution in [0, 0.1) is 0 Å². The number of hydrogen-bond acceptors (Lipinski definition) is 6. The largest absolute Gasteiger partial charge is 0.497 e. The Morgan fingerprint density at radius 3 is 2.39 bits per heavy atom. The highest BCUT2D eigenvalue weighted by Crippen LogP contribution is 2.33. The third-order valence-corrected chi connectivity index (χ3v) is 6.65. The molecule has 180 valence electrons. The molecule has 0 spiro atoms. The molecule has 1 N–H and O–H groups in total. The molecule has 0 radical (unpaired) electrons. The molecule has 0 saturated carbocycles. The van der Waals surface area contributed by atoms with E-state index in [4.69, 9.17) is 14.5 Å². The van der Waals surface area contributed by atoms with Crippen LogP contribution in [0.15, 0.2) is 84.2 Å². The first-order valence-electron chi connectivity index (χ1n) is 11.2. The number of aryl methyl sites for hydroxylation is 1. The van der Waals surface area contributed by atoms with Gasteiger partial charge in [0, 0.05) is 34.8 Å². The van der Waals surface area contributed by atoms with E-state index >= 15 is 0 Å². The lowest BCUT2D eigenvalue weighted by Crippen LogP contribution is -2.15. The number of aromatic nitrogens is 3. The summed E-state index contributed by atoms with van der Waals surface area (Å²) in [6.07, 6.45) is 0. The molecule has 0 aliphatic heterocycles. The number of anilines is 1. The molecular formula is C28H24N4O3S. The van der Waals surface area contributed by atoms with Gasteiger partial charge in [0.2, 0.25) is 0 Å². The summed E-state index contributed by atoms with van der Waals surface area (Å²) in [6.45, 7) is 0. The van der Waals surface area contributed by atoms with Crippen LogP contribution < -0.4 is 14.8 Å². The monoisotopic (exact) mass is 496 g/mol. The maximum Gasteiger partial charge on any atom is 0.273 e. The zero-order chi connectivity index (χ0) is 25.1. The highest BCUT2D eigenvalue weighted by Gasteiger charge is 2.18. The van der Waals surface area contributed by atoms with E-state index in [-0.39, 0.29) is 5.91 Å². The van der Waals surface area contributed by atoms with Gasteiger partial charge in [-0.2, -0.15) is 5.10 Å². The zero-order valence-electron chi connectivity index (χ0n) is 20.1. The van der Waals surface area contributed by atoms with Gasteiger partial charge in [0.1, 0.15) is 22.2 Å². The van der Waals surface area contributed by atoms with E-state index in [9.17, 15) is 4.79 Å². The van der Waals surface area contributed by atoms with Crippen molar-refractivity contribution in [2.24, 2.45) is 7.05 Å². The number of methoxy groups -OCH3 is 2. The second kappa shape index (κ2) is 10.1. The average molecular weight is 497 g/mol. The van der Waals surface area contributed by atoms with Crippen LogP contribution >= 0.6 is 11.3 Å². The molecule has 0 saturated heterocycles. The Morgan fingerprint density at radius 2 is 1.67 bits per heavy atom. The van der Waals surface area contributed by atoms with Crippen molar-refractivity contribution in [3.63, 3.8) is 0 Å². The fourth-order valence-electron chi connectivity index (χ4n) is 3.86. The summed E-state index contributed by atoms with van der Waals surface area (Å²) in [5.41, 5.74) is 5.45. The summed E-state index contributed by atoms with van der Waals surface area (Å²) in [7, 11) is 4.94. The molecule has 3 aromatic carbocycles. The zero-order valence-corrected chi connectivity index (χ0v) is 20.9. The van der Waals surface area contributed by atoms with E-state index in [1.165, 1.54) is 0 Å². The van der Waals surface area contributed by atoms with E-state index in [0.717, 1.165) is 27.4 Å². The van der Waals surface area contributed by atoms with Crippen molar-refractivity contribution in [2.45, 2.75) is 0 Å². The number of carbonyl (C=O) groups excluding carboxylic acids is 1. The van der Waals surface area contributed by atoms with E-state index in [0.29, 0.717) is 28.6 Å². The van der Waals surface area contributed by atoms with Crippen molar-refractivity contribution in [2.75, 3.05) is 19.5 Å². The summed E-state index contributed by atoms with van der Waals surface area (Å²) in [5.74, 6) is 1.07. The predicted molar refractivity (Wildman–Crippen MR) is 143 cm³/mol. The second-order valence-electron chi connectivity index (χ2n) is 8.04. The molecule has 0 atom stereocenters. The van der Waals surface area contributed by atoms with Crippen LogP contribution in [-0.2, 0) is 7.05 Å². The topological polar surface area (TPSA) is 78.3 Å². The number of amides is 1. The minimum Gasteiger partial charge on any atom is -0.497 e. The molecule has 1 amide bonds. The minimum absolute atomic E-state index is 0.258. The molecule has 0 aliphatic carbocycles. The van der Waals surface area contributed by atoms with Crippen LogP contribution in [0.5, 0.6) is 11.5 Å². The third-order valence-electron chi connectivity index (χ3n) is 5.76. The molecule has 7 nitrogen and oxygen atoms in total. The lowest BCUT2D eigenvalue weighted by atomic mass is 10.1. The number of nitrogens with one attached hydrogen (secondary N) is 1. The number of thiazole rings is 1. The van der Waals surface area contributed by atoms with Gasteiger partial charge in [-0.1, -0.05) is 42.5 Å². The Morgan fingerprint density at radius 1 is 0.889 bits per heavy atom. The Labute approximate surface area is 213 Å². The number of hydrogen-bond donors (Lipinski definition) is 1. The maximum absolute atomic E-state index is 13.0. The van der Waals surface area contributed by atoms with Crippen molar-refractivity contribution in [3.05, 3.63) is 89.9 Å². The van der Waals surface area contributed by atoms with Gasteiger partial charge in [-0.3, -0.25) is 9.48 Å². The molecule has 2 aromatic heterocycles. The van der Waals surface area contributed by atoms with E-state index in [1.54, 1.807) is 43.4 Å². The van der Waals surface area contributed by atoms with Crippen LogP contribution in [0.25, 0.3) is 33.1 Å². The van der Waals surface area contributed by atoms with Crippen LogP contribution in [0.4, 0.5) is 5.69 Å². The molecule has 5 aromatic rings. The van der Waals surface area contributed by atoms with Gasteiger partial charge < -0.3 is 14.8 Å². The van der Waals surface area contributed by atoms with Crippen LogP contribution in [0.2, 0.25) is 0 Å². The average Bonchev–Trinajstić information content (AvgIpc) is 3.56. The van der Waals surface area contributed by atoms with Crippen LogP contribution in [-0.4, -0.2) is 34.9 Å². The lowest BCUT2D eigenvalue weighted by molar-refractivity contribution is 0.101. The standard InChI is InChI=1S/C28H24N4O3S/c1-32-25(16-23(31-32)22-15-21(34-2)13-14-26(22)35-3)27(33)29-20-11-9-18(10-12-20)24-17-36-28(30-24)19-7-5-4-6-8-19/h4-17H,1-3H3,(H,29,33). The summed E-state index contributed by atoms with van der Waals surface area (Å²) in [5, 5.41) is 10.5. The van der Waals surface area contributed by atoms with Gasteiger partial charge in [-0.05, 0) is 36.4 Å². The number of rotatable bonds is 7. The first-order chi connectivity index (χ1) is 17.6. The highest BCUT2D eigenvalue weighted by molar-refractivity contribution is 7.13. The second-order valence-corrected chi connectivity index (χ2v) is 8.90. The number of nitrogens with zero attached hydrogens (tertiary/aromatic N) is 3. The van der Waals surface area contributed by atoms with Gasteiger partial charge >= 0.3 is 0 Å². The van der Waals surface area contributed by atoms with Gasteiger partial charge in [0.15, 0.2) is 0 Å². The molecule has 0 fully saturated rings. The van der Waals surface area contributed by atoms with E-state index in [2.05, 4.69) is 22.5 Å². The Hall–Kier alpha value is -4.43. The van der Waals surface area contributed by atoms with Gasteiger partial charge in [0.25, 0.3) is 5.91 Å². The fraction of sp³-hybridized carbons (Fsp3) is 0.107. The Balaban J connectivity index is 1.33. The Bertz CT molecular complexity index is 1510. The predicted octanol–water partition coefficient (Wildman–Crippen LogP) is 6.15. The first kappa shape index (κ1) is 23.3. The van der Waals surface area contributed by atoms with Crippen molar-refractivity contribution in [3.8, 4) is 44.6 Å². The lowest BCUT2D eigenvalue weighted by Gasteiger charge is -2.08. The van der Waals surface area contributed by atoms with Crippen molar-refractivity contribution >= 4 is 22.9 Å². The Kier molecular flexibility index (Phi) is 6.51. The number of benzene rings is 3. The van der Waals surface area contributed by atoms with E-state index in [1.807, 2.05) is 66.0 Å². The van der Waals surface area contributed by atoms with Gasteiger partial charge in [-0.15, -0.1) is 11.3 Å². The van der Waals surface area contributed by atoms with Crippen LogP contribution in [0.3, 0.4) is 0 Å². The maximum atomic E-state index is 13.0. The highest BCUT2D eigenvalue weighted by atomic mass is 32.1. The quantitative estimate of drug-likeness (QED) is 0.293. The molecule has 0 bridgehead atoms. The summed E-state index contributed by atoms with van der Waals surface area (Å²) >= 11 is 1.61. The molecule has 8 heteroatoms. The summed E-state index contributed by atoms with van der Waals surface area (Å²) in [6, 6.07) is 25.0. The molecule has 0 unspecified atom stereocenters. The summed E-state index contributed by atoms with van der Waals surface area (Å²) < 4.78 is 12.4. The smallest absolute Gasteiger partial charge is 0.273 e. The van der Waals surface area contributed by atoms with Gasteiger partial charge in [0.05, 0.1) is 25.6 Å². The molecule has 36 heavy (non-hydrogen) atoms. The molecule has 0 aliphatic rings. The SMILES string of the molecule is COc1ccc(OC)c(-c2cc(C(=O)Nc3ccc(-c4csc(-c5ccccc5)n4)cc3)n(C)n2)c1.